The van der Waals surface area contributed by atoms with E-state index in [9.17, 15) is 4.79 Å². The molecule has 0 radical (unpaired) electrons. The number of hydrogen-bond donors (Lipinski definition) is 0. The summed E-state index contributed by atoms with van der Waals surface area (Å²) < 4.78 is 3.61. The van der Waals surface area contributed by atoms with Crippen molar-refractivity contribution in [2.75, 3.05) is 0 Å². The highest BCUT2D eigenvalue weighted by Gasteiger charge is 2.21. The standard InChI is InChI=1S/C8H13Cl3O2/c1-3-6(2)13-7(12)4-5-8(9,10)11/h6H,3-5H2,1-2H3. The Morgan fingerprint density at radius 1 is 1.46 bits per heavy atom. The summed E-state index contributed by atoms with van der Waals surface area (Å²) in [7, 11) is 0. The minimum absolute atomic E-state index is 0.0668. The third-order valence-electron chi connectivity index (χ3n) is 1.52. The molecule has 0 fully saturated rings. The first-order valence-electron chi connectivity index (χ1n) is 4.11. The van der Waals surface area contributed by atoms with Crippen molar-refractivity contribution in [3.05, 3.63) is 0 Å². The minimum Gasteiger partial charge on any atom is -0.463 e. The van der Waals surface area contributed by atoms with Gasteiger partial charge in [0.1, 0.15) is 0 Å². The number of esters is 1. The van der Waals surface area contributed by atoms with Gasteiger partial charge in [0.2, 0.25) is 0 Å². The van der Waals surface area contributed by atoms with Crippen LogP contribution in [0.1, 0.15) is 33.1 Å². The molecule has 1 unspecified atom stereocenters. The normalized spacial score (nSPS) is 13.9. The molecule has 13 heavy (non-hydrogen) atoms. The van der Waals surface area contributed by atoms with Crippen molar-refractivity contribution in [1.82, 2.24) is 0 Å². The molecule has 0 aromatic carbocycles. The van der Waals surface area contributed by atoms with Crippen LogP contribution in [0.5, 0.6) is 0 Å². The van der Waals surface area contributed by atoms with Gasteiger partial charge in [0, 0.05) is 12.8 Å². The summed E-state index contributed by atoms with van der Waals surface area (Å²) >= 11 is 16.4. The van der Waals surface area contributed by atoms with E-state index in [1.54, 1.807) is 0 Å². The zero-order valence-corrected chi connectivity index (χ0v) is 9.92. The summed E-state index contributed by atoms with van der Waals surface area (Å²) in [5, 5.41) is 0. The quantitative estimate of drug-likeness (QED) is 0.562. The zero-order chi connectivity index (χ0) is 10.5. The average molecular weight is 248 g/mol. The van der Waals surface area contributed by atoms with Gasteiger partial charge in [0.25, 0.3) is 0 Å². The summed E-state index contributed by atoms with van der Waals surface area (Å²) in [6, 6.07) is 0. The maximum atomic E-state index is 11.1. The Morgan fingerprint density at radius 3 is 2.38 bits per heavy atom. The second-order valence-corrected chi connectivity index (χ2v) is 5.34. The molecule has 0 heterocycles. The maximum Gasteiger partial charge on any atom is 0.306 e. The van der Waals surface area contributed by atoms with Gasteiger partial charge < -0.3 is 4.74 Å². The van der Waals surface area contributed by atoms with Crippen LogP contribution >= 0.6 is 34.8 Å². The van der Waals surface area contributed by atoms with Gasteiger partial charge in [-0.05, 0) is 13.3 Å². The molecular weight excluding hydrogens is 234 g/mol. The molecule has 0 aliphatic rings. The lowest BCUT2D eigenvalue weighted by Gasteiger charge is -2.13. The predicted octanol–water partition coefficient (Wildman–Crippen LogP) is 3.48. The monoisotopic (exact) mass is 246 g/mol. The first-order chi connectivity index (χ1) is 5.85. The van der Waals surface area contributed by atoms with E-state index in [0.717, 1.165) is 6.42 Å². The van der Waals surface area contributed by atoms with E-state index in [4.69, 9.17) is 39.5 Å². The second kappa shape index (κ2) is 5.94. The first-order valence-corrected chi connectivity index (χ1v) is 5.24. The topological polar surface area (TPSA) is 26.3 Å². The Labute approximate surface area is 93.5 Å². The van der Waals surface area contributed by atoms with Gasteiger partial charge in [-0.1, -0.05) is 41.7 Å². The van der Waals surface area contributed by atoms with Crippen LogP contribution in [0.15, 0.2) is 0 Å². The molecule has 0 saturated carbocycles. The van der Waals surface area contributed by atoms with Gasteiger partial charge in [0.05, 0.1) is 6.10 Å². The van der Waals surface area contributed by atoms with Crippen LogP contribution in [0.25, 0.3) is 0 Å². The van der Waals surface area contributed by atoms with Gasteiger partial charge in [-0.2, -0.15) is 0 Å². The first kappa shape index (κ1) is 13.3. The van der Waals surface area contributed by atoms with Crippen LogP contribution in [0, 0.1) is 0 Å². The SMILES string of the molecule is CCC(C)OC(=O)CCC(Cl)(Cl)Cl. The Balaban J connectivity index is 3.64. The van der Waals surface area contributed by atoms with Crippen LogP contribution in [-0.2, 0) is 9.53 Å². The van der Waals surface area contributed by atoms with Crippen molar-refractivity contribution in [2.45, 2.75) is 43.0 Å². The molecule has 0 amide bonds. The third kappa shape index (κ3) is 8.66. The van der Waals surface area contributed by atoms with E-state index < -0.39 is 3.79 Å². The van der Waals surface area contributed by atoms with Crippen molar-refractivity contribution < 1.29 is 9.53 Å². The number of carbonyl (C=O) groups is 1. The molecule has 0 rings (SSSR count). The number of hydrogen-bond acceptors (Lipinski definition) is 2. The van der Waals surface area contributed by atoms with Crippen molar-refractivity contribution in [1.29, 1.82) is 0 Å². The lowest BCUT2D eigenvalue weighted by Crippen LogP contribution is -2.15. The molecule has 0 aromatic rings. The fraction of sp³-hybridized carbons (Fsp3) is 0.875. The van der Waals surface area contributed by atoms with E-state index in [0.29, 0.717) is 0 Å². The fourth-order valence-electron chi connectivity index (χ4n) is 0.610. The molecule has 0 bridgehead atoms. The van der Waals surface area contributed by atoms with Crippen molar-refractivity contribution in [3.8, 4) is 0 Å². The summed E-state index contributed by atoms with van der Waals surface area (Å²) in [6.07, 6.45) is 1.05. The molecule has 1 atom stereocenters. The summed E-state index contributed by atoms with van der Waals surface area (Å²) in [6.45, 7) is 3.76. The highest BCUT2D eigenvalue weighted by Crippen LogP contribution is 2.31. The van der Waals surface area contributed by atoms with Crippen LogP contribution in [0.2, 0.25) is 0 Å². The number of carbonyl (C=O) groups excluding carboxylic acids is 1. The largest absolute Gasteiger partial charge is 0.463 e. The number of alkyl halides is 3. The van der Waals surface area contributed by atoms with E-state index in [1.807, 2.05) is 13.8 Å². The number of halogens is 3. The number of ether oxygens (including phenoxy) is 1. The fourth-order valence-corrected chi connectivity index (χ4v) is 0.894. The lowest BCUT2D eigenvalue weighted by molar-refractivity contribution is -0.148. The van der Waals surface area contributed by atoms with Gasteiger partial charge in [-0.3, -0.25) is 4.79 Å². The van der Waals surface area contributed by atoms with Gasteiger partial charge in [0.15, 0.2) is 3.79 Å². The Hall–Kier alpha value is 0.340. The molecule has 5 heteroatoms. The van der Waals surface area contributed by atoms with Crippen LogP contribution in [-0.4, -0.2) is 15.9 Å². The molecule has 0 aromatic heterocycles. The van der Waals surface area contributed by atoms with Crippen molar-refractivity contribution in [2.24, 2.45) is 0 Å². The molecule has 78 valence electrons. The minimum atomic E-state index is -1.37. The number of rotatable bonds is 4. The predicted molar refractivity (Wildman–Crippen MR) is 55.4 cm³/mol. The van der Waals surface area contributed by atoms with E-state index in [-0.39, 0.29) is 24.9 Å². The van der Waals surface area contributed by atoms with E-state index >= 15 is 0 Å². The van der Waals surface area contributed by atoms with Gasteiger partial charge >= 0.3 is 5.97 Å². The van der Waals surface area contributed by atoms with Crippen LogP contribution in [0.3, 0.4) is 0 Å². The molecule has 0 saturated heterocycles. The molecule has 0 N–H and O–H groups in total. The van der Waals surface area contributed by atoms with Crippen LogP contribution in [0.4, 0.5) is 0 Å². The summed E-state index contributed by atoms with van der Waals surface area (Å²) in [5.41, 5.74) is 0. The second-order valence-electron chi connectivity index (χ2n) is 2.82. The van der Waals surface area contributed by atoms with E-state index in [1.165, 1.54) is 0 Å². The van der Waals surface area contributed by atoms with Gasteiger partial charge in [-0.25, -0.2) is 0 Å². The summed E-state index contributed by atoms with van der Waals surface area (Å²) in [5.74, 6) is -0.319. The Bertz CT molecular complexity index is 165. The molecule has 2 nitrogen and oxygen atoms in total. The van der Waals surface area contributed by atoms with Crippen molar-refractivity contribution >= 4 is 40.8 Å². The molecule has 0 aliphatic carbocycles. The average Bonchev–Trinajstić information content (AvgIpc) is 1.99. The maximum absolute atomic E-state index is 11.1. The third-order valence-corrected chi connectivity index (χ3v) is 2.09. The smallest absolute Gasteiger partial charge is 0.306 e. The zero-order valence-electron chi connectivity index (χ0n) is 7.65. The van der Waals surface area contributed by atoms with Gasteiger partial charge in [-0.15, -0.1) is 0 Å². The highest BCUT2D eigenvalue weighted by atomic mass is 35.6. The van der Waals surface area contributed by atoms with Crippen LogP contribution < -0.4 is 0 Å². The van der Waals surface area contributed by atoms with E-state index in [2.05, 4.69) is 0 Å². The Kier molecular flexibility index (Phi) is 6.10. The summed E-state index contributed by atoms with van der Waals surface area (Å²) in [4.78, 5) is 11.1. The highest BCUT2D eigenvalue weighted by molar-refractivity contribution is 6.67. The van der Waals surface area contributed by atoms with Crippen molar-refractivity contribution in [3.63, 3.8) is 0 Å². The molecule has 0 spiro atoms. The Morgan fingerprint density at radius 2 is 2.00 bits per heavy atom. The lowest BCUT2D eigenvalue weighted by atomic mass is 10.3. The molecule has 0 aliphatic heterocycles. The molecular formula is C8H13Cl3O2.